The smallest absolute Gasteiger partial charge is 0.331 e. The molecule has 1 amide bonds. The summed E-state index contributed by atoms with van der Waals surface area (Å²) in [5, 5.41) is 9.20. The third-order valence-corrected chi connectivity index (χ3v) is 4.24. The number of carboxylic acid groups (broad SMARTS) is 1. The molecule has 0 fully saturated rings. The first-order valence-electron chi connectivity index (χ1n) is 5.54. The van der Waals surface area contributed by atoms with E-state index in [4.69, 9.17) is 0 Å². The molecule has 0 aromatic heterocycles. The molecule has 1 atom stereocenters. The number of sulfone groups is 1. The van der Waals surface area contributed by atoms with E-state index in [1.54, 1.807) is 0 Å². The van der Waals surface area contributed by atoms with Gasteiger partial charge in [0.25, 0.3) is 0 Å². The number of hydrogen-bond donors (Lipinski definition) is 1. The van der Waals surface area contributed by atoms with Gasteiger partial charge in [-0.2, -0.15) is 0 Å². The van der Waals surface area contributed by atoms with Crippen LogP contribution in [0.5, 0.6) is 0 Å². The molecule has 102 valence electrons. The monoisotopic (exact) mass is 283 g/mol. The van der Waals surface area contributed by atoms with Crippen LogP contribution in [0.1, 0.15) is 24.1 Å². The average molecular weight is 283 g/mol. The van der Waals surface area contributed by atoms with Gasteiger partial charge in [0.15, 0.2) is 15.9 Å². The molecule has 2 rings (SSSR count). The molecule has 1 aromatic rings. The van der Waals surface area contributed by atoms with Gasteiger partial charge in [-0.3, -0.25) is 4.79 Å². The summed E-state index contributed by atoms with van der Waals surface area (Å²) < 4.78 is 22.9. The Morgan fingerprint density at radius 2 is 2.00 bits per heavy atom. The molecule has 0 bridgehead atoms. The van der Waals surface area contributed by atoms with Gasteiger partial charge in [0.1, 0.15) is 0 Å². The highest BCUT2D eigenvalue weighted by Gasteiger charge is 2.37. The van der Waals surface area contributed by atoms with Crippen molar-refractivity contribution in [2.45, 2.75) is 24.4 Å². The Morgan fingerprint density at radius 3 is 2.47 bits per heavy atom. The largest absolute Gasteiger partial charge is 0.479 e. The molecule has 7 heteroatoms. The van der Waals surface area contributed by atoms with E-state index in [1.807, 2.05) is 0 Å². The summed E-state index contributed by atoms with van der Waals surface area (Å²) in [5.41, 5.74) is 1.03. The van der Waals surface area contributed by atoms with Crippen molar-refractivity contribution in [3.63, 3.8) is 0 Å². The fourth-order valence-electron chi connectivity index (χ4n) is 2.22. The van der Waals surface area contributed by atoms with Gasteiger partial charge < -0.3 is 10.0 Å². The highest BCUT2D eigenvalue weighted by Crippen LogP contribution is 2.35. The molecular formula is C12H13NO5S. The van der Waals surface area contributed by atoms with Gasteiger partial charge in [-0.25, -0.2) is 13.2 Å². The van der Waals surface area contributed by atoms with Crippen LogP contribution in [0, 0.1) is 0 Å². The molecule has 0 saturated carbocycles. The third-order valence-electron chi connectivity index (χ3n) is 3.13. The van der Waals surface area contributed by atoms with Gasteiger partial charge in [0, 0.05) is 19.7 Å². The van der Waals surface area contributed by atoms with Crippen molar-refractivity contribution >= 4 is 21.7 Å². The number of hydrogen-bond acceptors (Lipinski definition) is 4. The summed E-state index contributed by atoms with van der Waals surface area (Å²) in [4.78, 5) is 24.0. The minimum absolute atomic E-state index is 0.116. The van der Waals surface area contributed by atoms with E-state index in [0.29, 0.717) is 11.1 Å². The van der Waals surface area contributed by atoms with Crippen LogP contribution in [0.2, 0.25) is 0 Å². The van der Waals surface area contributed by atoms with Gasteiger partial charge in [0.05, 0.1) is 4.90 Å². The lowest BCUT2D eigenvalue weighted by Crippen LogP contribution is -2.31. The molecule has 1 aliphatic heterocycles. The molecule has 1 heterocycles. The van der Waals surface area contributed by atoms with Crippen LogP contribution >= 0.6 is 0 Å². The molecule has 0 aliphatic carbocycles. The molecule has 0 radical (unpaired) electrons. The molecule has 1 aromatic carbocycles. The number of carboxylic acids is 1. The van der Waals surface area contributed by atoms with E-state index in [0.717, 1.165) is 6.26 Å². The zero-order valence-corrected chi connectivity index (χ0v) is 11.3. The van der Waals surface area contributed by atoms with Crippen LogP contribution in [0.3, 0.4) is 0 Å². The van der Waals surface area contributed by atoms with Gasteiger partial charge in [-0.1, -0.05) is 6.07 Å². The number of fused-ring (bicyclic) bond motifs is 1. The second-order valence-electron chi connectivity index (χ2n) is 4.52. The number of carbonyl (C=O) groups is 2. The lowest BCUT2D eigenvalue weighted by Gasteiger charge is -2.19. The summed E-state index contributed by atoms with van der Waals surface area (Å²) in [7, 11) is -3.35. The van der Waals surface area contributed by atoms with Gasteiger partial charge in [-0.15, -0.1) is 0 Å². The van der Waals surface area contributed by atoms with Crippen LogP contribution in [0.15, 0.2) is 23.1 Å². The van der Waals surface area contributed by atoms with E-state index in [1.165, 1.54) is 30.0 Å². The van der Waals surface area contributed by atoms with Crippen LogP contribution < -0.4 is 0 Å². The van der Waals surface area contributed by atoms with Gasteiger partial charge >= 0.3 is 5.97 Å². The summed E-state index contributed by atoms with van der Waals surface area (Å²) in [5.74, 6) is -1.48. The van der Waals surface area contributed by atoms with Gasteiger partial charge in [0.2, 0.25) is 5.91 Å². The van der Waals surface area contributed by atoms with Crippen molar-refractivity contribution in [3.05, 3.63) is 29.3 Å². The van der Waals surface area contributed by atoms with Gasteiger partial charge in [-0.05, 0) is 23.3 Å². The second kappa shape index (κ2) is 4.34. The zero-order chi connectivity index (χ0) is 14.4. The Hall–Kier alpha value is -1.89. The zero-order valence-electron chi connectivity index (χ0n) is 10.5. The summed E-state index contributed by atoms with van der Waals surface area (Å²) in [6, 6.07) is 3.23. The number of benzene rings is 1. The maximum Gasteiger partial charge on any atom is 0.331 e. The second-order valence-corrected chi connectivity index (χ2v) is 6.54. The first kappa shape index (κ1) is 13.5. The van der Waals surface area contributed by atoms with Crippen molar-refractivity contribution in [3.8, 4) is 0 Å². The molecule has 0 saturated heterocycles. The molecule has 0 spiro atoms. The average Bonchev–Trinajstić information content (AvgIpc) is 2.65. The fourth-order valence-corrected chi connectivity index (χ4v) is 2.89. The number of rotatable bonds is 2. The van der Waals surface area contributed by atoms with Crippen molar-refractivity contribution < 1.29 is 23.1 Å². The summed E-state index contributed by atoms with van der Waals surface area (Å²) >= 11 is 0. The normalized spacial score (nSPS) is 18.2. The minimum Gasteiger partial charge on any atom is -0.479 e. The Labute approximate surface area is 110 Å². The molecule has 1 aliphatic rings. The van der Waals surface area contributed by atoms with Crippen LogP contribution in [0.25, 0.3) is 0 Å². The van der Waals surface area contributed by atoms with Crippen LogP contribution in [-0.2, 0) is 26.0 Å². The van der Waals surface area contributed by atoms with Crippen molar-refractivity contribution in [1.82, 2.24) is 4.90 Å². The van der Waals surface area contributed by atoms with Crippen LogP contribution in [0.4, 0.5) is 0 Å². The van der Waals surface area contributed by atoms with Crippen molar-refractivity contribution in [1.29, 1.82) is 0 Å². The Bertz CT molecular complexity index is 665. The number of nitrogens with zero attached hydrogens (tertiary/aromatic N) is 1. The van der Waals surface area contributed by atoms with E-state index < -0.39 is 21.8 Å². The van der Waals surface area contributed by atoms with E-state index >= 15 is 0 Å². The lowest BCUT2D eigenvalue weighted by atomic mass is 10.1. The Morgan fingerprint density at radius 1 is 1.37 bits per heavy atom. The third kappa shape index (κ3) is 2.33. The number of amides is 1. The summed E-state index contributed by atoms with van der Waals surface area (Å²) in [6.07, 6.45) is 1.08. The predicted molar refractivity (Wildman–Crippen MR) is 66.2 cm³/mol. The van der Waals surface area contributed by atoms with Crippen LogP contribution in [-0.4, -0.2) is 36.6 Å². The SMILES string of the molecule is CC(=O)N1Cc2cc(S(C)(=O)=O)ccc2[C@H]1C(=O)O. The topological polar surface area (TPSA) is 91.8 Å². The maximum absolute atomic E-state index is 11.5. The molecule has 6 nitrogen and oxygen atoms in total. The van der Waals surface area contributed by atoms with E-state index in [2.05, 4.69) is 0 Å². The first-order chi connectivity index (χ1) is 8.71. The van der Waals surface area contributed by atoms with E-state index in [-0.39, 0.29) is 17.3 Å². The Balaban J connectivity index is 2.54. The van der Waals surface area contributed by atoms with E-state index in [9.17, 15) is 23.1 Å². The fraction of sp³-hybridized carbons (Fsp3) is 0.333. The standard InChI is InChI=1S/C12H13NO5S/c1-7(14)13-6-8-5-9(19(2,17)18)3-4-10(8)11(13)12(15)16/h3-5,11H,6H2,1-2H3,(H,15,16)/t11-/m0/s1. The molecule has 19 heavy (non-hydrogen) atoms. The molecular weight excluding hydrogens is 270 g/mol. The number of carbonyl (C=O) groups excluding carboxylic acids is 1. The van der Waals surface area contributed by atoms with Crippen molar-refractivity contribution in [2.24, 2.45) is 0 Å². The lowest BCUT2D eigenvalue weighted by molar-refractivity contribution is -0.149. The van der Waals surface area contributed by atoms with Crippen molar-refractivity contribution in [2.75, 3.05) is 6.26 Å². The first-order valence-corrected chi connectivity index (χ1v) is 7.44. The highest BCUT2D eigenvalue weighted by atomic mass is 32.2. The predicted octanol–water partition coefficient (Wildman–Crippen LogP) is 0.578. The molecule has 1 N–H and O–H groups in total. The highest BCUT2D eigenvalue weighted by molar-refractivity contribution is 7.90. The number of aliphatic carboxylic acids is 1. The quantitative estimate of drug-likeness (QED) is 0.857. The summed E-state index contributed by atoms with van der Waals surface area (Å²) in [6.45, 7) is 1.41. The minimum atomic E-state index is -3.35. The molecule has 0 unspecified atom stereocenters. The Kier molecular flexibility index (Phi) is 3.09. The maximum atomic E-state index is 11.5.